The third kappa shape index (κ3) is 3.71. The highest BCUT2D eigenvalue weighted by Gasteiger charge is 2.31. The van der Waals surface area contributed by atoms with Gasteiger partial charge in [-0.15, -0.1) is 11.3 Å². The summed E-state index contributed by atoms with van der Waals surface area (Å²) < 4.78 is 23.5. The van der Waals surface area contributed by atoms with Gasteiger partial charge in [0.15, 0.2) is 9.84 Å². The van der Waals surface area contributed by atoms with Crippen molar-refractivity contribution in [1.82, 2.24) is 0 Å². The molecule has 1 aliphatic rings. The van der Waals surface area contributed by atoms with Crippen molar-refractivity contribution in [3.63, 3.8) is 0 Å². The summed E-state index contributed by atoms with van der Waals surface area (Å²) in [6.45, 7) is 1.97. The van der Waals surface area contributed by atoms with Gasteiger partial charge in [-0.2, -0.15) is 0 Å². The van der Waals surface area contributed by atoms with Gasteiger partial charge >= 0.3 is 0 Å². The van der Waals surface area contributed by atoms with Gasteiger partial charge < -0.3 is 4.90 Å². The number of hydrogen-bond donors (Lipinski definition) is 0. The highest BCUT2D eigenvalue weighted by molar-refractivity contribution is 7.94. The molecule has 1 aromatic heterocycles. The van der Waals surface area contributed by atoms with Crippen LogP contribution in [0.3, 0.4) is 0 Å². The van der Waals surface area contributed by atoms with E-state index in [2.05, 4.69) is 0 Å². The first kappa shape index (κ1) is 16.0. The van der Waals surface area contributed by atoms with Crippen molar-refractivity contribution in [3.8, 4) is 0 Å². The van der Waals surface area contributed by atoms with Crippen LogP contribution in [-0.2, 0) is 21.1 Å². The fourth-order valence-electron chi connectivity index (χ4n) is 2.59. The average molecular weight is 347 g/mol. The zero-order valence-corrected chi connectivity index (χ0v) is 14.3. The van der Waals surface area contributed by atoms with E-state index >= 15 is 0 Å². The Hall–Kier alpha value is -1.92. The van der Waals surface area contributed by atoms with Crippen LogP contribution in [0.1, 0.15) is 10.4 Å². The summed E-state index contributed by atoms with van der Waals surface area (Å²) in [5.41, 5.74) is 1.82. The first-order chi connectivity index (χ1) is 10.9. The van der Waals surface area contributed by atoms with Crippen LogP contribution in [0.4, 0.5) is 5.69 Å². The van der Waals surface area contributed by atoms with Crippen LogP contribution in [0, 0.1) is 6.92 Å². The number of hydrogen-bond acceptors (Lipinski definition) is 4. The lowest BCUT2D eigenvalue weighted by Gasteiger charge is -2.27. The van der Waals surface area contributed by atoms with Crippen LogP contribution in [0.5, 0.6) is 0 Å². The highest BCUT2D eigenvalue weighted by atomic mass is 32.2. The fraction of sp³-hybridized carbons (Fsp3) is 0.235. The fourth-order valence-corrected chi connectivity index (χ4v) is 4.56. The van der Waals surface area contributed by atoms with E-state index in [1.54, 1.807) is 11.0 Å². The molecule has 6 heteroatoms. The zero-order valence-electron chi connectivity index (χ0n) is 12.7. The molecule has 0 aliphatic carbocycles. The molecular weight excluding hydrogens is 330 g/mol. The Morgan fingerprint density at radius 3 is 2.57 bits per heavy atom. The van der Waals surface area contributed by atoms with Crippen molar-refractivity contribution < 1.29 is 13.2 Å². The highest BCUT2D eigenvalue weighted by Crippen LogP contribution is 2.25. The number of amides is 1. The summed E-state index contributed by atoms with van der Waals surface area (Å²) in [6.07, 6.45) is 1.87. The number of carbonyl (C=O) groups is 1. The molecule has 0 saturated heterocycles. The van der Waals surface area contributed by atoms with Crippen molar-refractivity contribution in [1.29, 1.82) is 0 Å². The van der Waals surface area contributed by atoms with Crippen molar-refractivity contribution in [2.45, 2.75) is 19.4 Å². The lowest BCUT2D eigenvalue weighted by molar-refractivity contribution is -0.118. The molecule has 0 unspecified atom stereocenters. The minimum atomic E-state index is -3.22. The van der Waals surface area contributed by atoms with Crippen LogP contribution in [-0.4, -0.2) is 26.1 Å². The maximum absolute atomic E-state index is 12.8. The van der Waals surface area contributed by atoms with Crippen molar-refractivity contribution in [2.75, 3.05) is 10.7 Å². The van der Waals surface area contributed by atoms with Gasteiger partial charge in [0.25, 0.3) is 0 Å². The summed E-state index contributed by atoms with van der Waals surface area (Å²) in [6, 6.07) is 10.9. The minimum Gasteiger partial charge on any atom is -0.304 e. The van der Waals surface area contributed by atoms with E-state index in [1.165, 1.54) is 16.7 Å². The molecule has 0 radical (unpaired) electrons. The summed E-state index contributed by atoms with van der Waals surface area (Å²) in [5.74, 6) is -0.153. The molecule has 2 aromatic rings. The SMILES string of the molecule is Cc1ccc(N(C(=O)Cc2cccs2)[C@@H]2C=CS(=O)(=O)C2)cc1. The van der Waals surface area contributed by atoms with Gasteiger partial charge in [0.1, 0.15) is 0 Å². The van der Waals surface area contributed by atoms with E-state index in [9.17, 15) is 13.2 Å². The van der Waals surface area contributed by atoms with E-state index in [0.29, 0.717) is 0 Å². The molecule has 0 saturated carbocycles. The van der Waals surface area contributed by atoms with Crippen LogP contribution in [0.25, 0.3) is 0 Å². The van der Waals surface area contributed by atoms with Crippen LogP contribution >= 0.6 is 11.3 Å². The zero-order chi connectivity index (χ0) is 16.4. The minimum absolute atomic E-state index is 0.0585. The quantitative estimate of drug-likeness (QED) is 0.854. The van der Waals surface area contributed by atoms with E-state index in [0.717, 1.165) is 16.1 Å². The number of benzene rings is 1. The van der Waals surface area contributed by atoms with Crippen LogP contribution in [0.2, 0.25) is 0 Å². The van der Waals surface area contributed by atoms with Crippen molar-refractivity contribution in [2.24, 2.45) is 0 Å². The number of nitrogens with zero attached hydrogens (tertiary/aromatic N) is 1. The third-order valence-corrected chi connectivity index (χ3v) is 5.98. The predicted octanol–water partition coefficient (Wildman–Crippen LogP) is 2.94. The Labute approximate surface area is 140 Å². The molecule has 1 amide bonds. The van der Waals surface area contributed by atoms with Gasteiger partial charge in [-0.05, 0) is 36.6 Å². The summed E-state index contributed by atoms with van der Waals surface area (Å²) in [5, 5.41) is 3.13. The first-order valence-corrected chi connectivity index (χ1v) is 9.86. The molecule has 0 fully saturated rings. The second-order valence-corrected chi connectivity index (χ2v) is 8.54. The van der Waals surface area contributed by atoms with E-state index in [4.69, 9.17) is 0 Å². The largest absolute Gasteiger partial charge is 0.304 e. The molecule has 4 nitrogen and oxygen atoms in total. The topological polar surface area (TPSA) is 54.5 Å². The van der Waals surface area contributed by atoms with Gasteiger partial charge in [0, 0.05) is 16.0 Å². The number of anilines is 1. The van der Waals surface area contributed by atoms with E-state index < -0.39 is 15.9 Å². The monoisotopic (exact) mass is 347 g/mol. The molecule has 120 valence electrons. The number of aryl methyl sites for hydroxylation is 1. The molecule has 23 heavy (non-hydrogen) atoms. The Bertz CT molecular complexity index is 821. The molecule has 1 aliphatic heterocycles. The van der Waals surface area contributed by atoms with Crippen molar-refractivity contribution >= 4 is 32.8 Å². The number of thiophene rings is 1. The van der Waals surface area contributed by atoms with Gasteiger partial charge in [-0.25, -0.2) is 8.42 Å². The van der Waals surface area contributed by atoms with Gasteiger partial charge in [-0.1, -0.05) is 23.8 Å². The normalized spacial score (nSPS) is 18.9. The molecule has 0 bridgehead atoms. The number of carbonyl (C=O) groups excluding carboxylic acids is 1. The summed E-state index contributed by atoms with van der Waals surface area (Å²) >= 11 is 1.52. The lowest BCUT2D eigenvalue weighted by Crippen LogP contribution is -2.42. The summed E-state index contributed by atoms with van der Waals surface area (Å²) in [4.78, 5) is 15.4. The smallest absolute Gasteiger partial charge is 0.232 e. The Morgan fingerprint density at radius 1 is 1.26 bits per heavy atom. The van der Waals surface area contributed by atoms with Crippen LogP contribution < -0.4 is 4.90 Å². The molecule has 2 heterocycles. The predicted molar refractivity (Wildman–Crippen MR) is 93.4 cm³/mol. The number of rotatable bonds is 4. The molecule has 3 rings (SSSR count). The van der Waals surface area contributed by atoms with Crippen molar-refractivity contribution in [3.05, 3.63) is 63.7 Å². The van der Waals surface area contributed by atoms with Crippen LogP contribution in [0.15, 0.2) is 53.3 Å². The summed E-state index contributed by atoms with van der Waals surface area (Å²) in [7, 11) is -3.22. The Morgan fingerprint density at radius 2 is 2.00 bits per heavy atom. The maximum Gasteiger partial charge on any atom is 0.232 e. The Kier molecular flexibility index (Phi) is 4.37. The molecule has 1 atom stereocenters. The molecule has 1 aromatic carbocycles. The first-order valence-electron chi connectivity index (χ1n) is 7.27. The molecular formula is C17H17NO3S2. The van der Waals surface area contributed by atoms with Gasteiger partial charge in [0.2, 0.25) is 5.91 Å². The Balaban J connectivity index is 1.91. The third-order valence-electron chi connectivity index (χ3n) is 3.73. The standard InChI is InChI=1S/C17H17NO3S2/c1-13-4-6-14(7-5-13)18(15-8-10-23(20,21)12-15)17(19)11-16-3-2-9-22-16/h2-10,15H,11-12H2,1H3/t15-/m1/s1. The lowest BCUT2D eigenvalue weighted by atomic mass is 10.1. The van der Waals surface area contributed by atoms with E-state index in [1.807, 2.05) is 48.7 Å². The average Bonchev–Trinajstić information content (AvgIpc) is 3.11. The number of sulfone groups is 1. The second-order valence-electron chi connectivity index (χ2n) is 5.58. The molecule has 0 spiro atoms. The second kappa shape index (κ2) is 6.29. The van der Waals surface area contributed by atoms with E-state index in [-0.39, 0.29) is 18.1 Å². The molecule has 0 N–H and O–H groups in total. The van der Waals surface area contributed by atoms with Gasteiger partial charge in [-0.3, -0.25) is 4.79 Å². The van der Waals surface area contributed by atoms with Gasteiger partial charge in [0.05, 0.1) is 18.2 Å². The maximum atomic E-state index is 12.8.